The third-order valence-corrected chi connectivity index (χ3v) is 3.95. The molecular formula is C14H21BrN2O. The number of benzene rings is 1. The highest BCUT2D eigenvalue weighted by Crippen LogP contribution is 2.29. The van der Waals surface area contributed by atoms with E-state index in [1.54, 1.807) is 0 Å². The summed E-state index contributed by atoms with van der Waals surface area (Å²) in [5.41, 5.74) is 8.21. The van der Waals surface area contributed by atoms with E-state index in [2.05, 4.69) is 52.9 Å². The topological polar surface area (TPSA) is 38.5 Å². The van der Waals surface area contributed by atoms with Gasteiger partial charge in [-0.25, -0.2) is 0 Å². The molecule has 0 unspecified atom stereocenters. The van der Waals surface area contributed by atoms with Gasteiger partial charge in [0.05, 0.1) is 12.2 Å². The van der Waals surface area contributed by atoms with Crippen molar-refractivity contribution in [3.8, 4) is 0 Å². The number of ether oxygens (including phenoxy) is 1. The van der Waals surface area contributed by atoms with Gasteiger partial charge in [0.1, 0.15) is 0 Å². The SMILES string of the molecule is C[C@@H](N)c1ccc(N2CCOC(C)(C)C2)cc1Br. The van der Waals surface area contributed by atoms with Crippen molar-refractivity contribution in [1.82, 2.24) is 0 Å². The normalized spacial score (nSPS) is 20.8. The van der Waals surface area contributed by atoms with Crippen LogP contribution in [0, 0.1) is 0 Å². The molecule has 1 aliphatic rings. The van der Waals surface area contributed by atoms with Gasteiger partial charge in [0, 0.05) is 29.3 Å². The Balaban J connectivity index is 2.21. The first kappa shape index (κ1) is 13.8. The number of morpholine rings is 1. The quantitative estimate of drug-likeness (QED) is 0.912. The Kier molecular flexibility index (Phi) is 3.99. The van der Waals surface area contributed by atoms with Crippen molar-refractivity contribution in [2.24, 2.45) is 5.73 Å². The van der Waals surface area contributed by atoms with Crippen LogP contribution >= 0.6 is 15.9 Å². The van der Waals surface area contributed by atoms with Crippen LogP contribution in [0.15, 0.2) is 22.7 Å². The molecule has 2 rings (SSSR count). The molecule has 1 heterocycles. The molecule has 0 amide bonds. The fourth-order valence-electron chi connectivity index (χ4n) is 2.32. The molecule has 0 saturated carbocycles. The van der Waals surface area contributed by atoms with E-state index in [-0.39, 0.29) is 11.6 Å². The Morgan fingerprint density at radius 2 is 2.17 bits per heavy atom. The number of nitrogens with two attached hydrogens (primary N) is 1. The Morgan fingerprint density at radius 1 is 1.44 bits per heavy atom. The average Bonchev–Trinajstić information content (AvgIpc) is 2.27. The molecule has 1 aliphatic heterocycles. The van der Waals surface area contributed by atoms with Crippen molar-refractivity contribution in [1.29, 1.82) is 0 Å². The summed E-state index contributed by atoms with van der Waals surface area (Å²) >= 11 is 3.60. The molecule has 1 aromatic carbocycles. The highest BCUT2D eigenvalue weighted by molar-refractivity contribution is 9.10. The zero-order chi connectivity index (χ0) is 13.3. The molecule has 100 valence electrons. The van der Waals surface area contributed by atoms with Gasteiger partial charge in [0.25, 0.3) is 0 Å². The maximum atomic E-state index is 5.92. The first-order valence-corrected chi connectivity index (χ1v) is 7.12. The smallest absolute Gasteiger partial charge is 0.0801 e. The second-order valence-corrected chi connectivity index (χ2v) is 6.38. The van der Waals surface area contributed by atoms with Gasteiger partial charge in [-0.05, 0) is 38.5 Å². The zero-order valence-electron chi connectivity index (χ0n) is 11.2. The maximum absolute atomic E-state index is 5.92. The molecular weight excluding hydrogens is 292 g/mol. The van der Waals surface area contributed by atoms with Crippen LogP contribution in [0.5, 0.6) is 0 Å². The molecule has 4 heteroatoms. The predicted molar refractivity (Wildman–Crippen MR) is 79.0 cm³/mol. The van der Waals surface area contributed by atoms with Gasteiger partial charge < -0.3 is 15.4 Å². The number of rotatable bonds is 2. The van der Waals surface area contributed by atoms with Crippen LogP contribution in [0.1, 0.15) is 32.4 Å². The summed E-state index contributed by atoms with van der Waals surface area (Å²) in [6.07, 6.45) is 0. The minimum Gasteiger partial charge on any atom is -0.372 e. The summed E-state index contributed by atoms with van der Waals surface area (Å²) in [7, 11) is 0. The molecule has 18 heavy (non-hydrogen) atoms. The first-order valence-electron chi connectivity index (χ1n) is 6.33. The van der Waals surface area contributed by atoms with E-state index in [0.717, 1.165) is 29.7 Å². The molecule has 0 bridgehead atoms. The Labute approximate surface area is 117 Å². The van der Waals surface area contributed by atoms with E-state index < -0.39 is 0 Å². The van der Waals surface area contributed by atoms with Crippen molar-refractivity contribution in [2.75, 3.05) is 24.6 Å². The summed E-state index contributed by atoms with van der Waals surface area (Å²) in [6, 6.07) is 6.45. The number of halogens is 1. The van der Waals surface area contributed by atoms with Crippen LogP contribution in [0.3, 0.4) is 0 Å². The van der Waals surface area contributed by atoms with Crippen molar-refractivity contribution in [2.45, 2.75) is 32.4 Å². The molecule has 2 N–H and O–H groups in total. The lowest BCUT2D eigenvalue weighted by Crippen LogP contribution is -2.48. The molecule has 3 nitrogen and oxygen atoms in total. The Bertz CT molecular complexity index is 432. The zero-order valence-corrected chi connectivity index (χ0v) is 12.8. The maximum Gasteiger partial charge on any atom is 0.0801 e. The van der Waals surface area contributed by atoms with Crippen LogP contribution in [0.4, 0.5) is 5.69 Å². The summed E-state index contributed by atoms with van der Waals surface area (Å²) < 4.78 is 6.82. The minimum absolute atomic E-state index is 0.0505. The van der Waals surface area contributed by atoms with Crippen LogP contribution in [0.25, 0.3) is 0 Å². The van der Waals surface area contributed by atoms with E-state index in [1.165, 1.54) is 5.69 Å². The van der Waals surface area contributed by atoms with Crippen LogP contribution in [-0.2, 0) is 4.74 Å². The van der Waals surface area contributed by atoms with Crippen LogP contribution in [0.2, 0.25) is 0 Å². The molecule has 0 spiro atoms. The van der Waals surface area contributed by atoms with E-state index in [0.29, 0.717) is 0 Å². The lowest BCUT2D eigenvalue weighted by molar-refractivity contribution is -0.0276. The highest BCUT2D eigenvalue weighted by atomic mass is 79.9. The predicted octanol–water partition coefficient (Wildman–Crippen LogP) is 3.08. The molecule has 1 saturated heterocycles. The largest absolute Gasteiger partial charge is 0.372 e. The van der Waals surface area contributed by atoms with Crippen LogP contribution in [-0.4, -0.2) is 25.3 Å². The third-order valence-electron chi connectivity index (χ3n) is 3.27. The lowest BCUT2D eigenvalue weighted by Gasteiger charge is -2.39. The van der Waals surface area contributed by atoms with Gasteiger partial charge in [0.2, 0.25) is 0 Å². The fourth-order valence-corrected chi connectivity index (χ4v) is 3.05. The lowest BCUT2D eigenvalue weighted by atomic mass is 10.1. The molecule has 1 atom stereocenters. The summed E-state index contributed by atoms with van der Waals surface area (Å²) in [5, 5.41) is 0. The third kappa shape index (κ3) is 3.05. The summed E-state index contributed by atoms with van der Waals surface area (Å²) in [4.78, 5) is 2.36. The first-order chi connectivity index (χ1) is 8.39. The average molecular weight is 313 g/mol. The van der Waals surface area contributed by atoms with E-state index >= 15 is 0 Å². The van der Waals surface area contributed by atoms with Crippen molar-refractivity contribution < 1.29 is 4.74 Å². The summed E-state index contributed by atoms with van der Waals surface area (Å²) in [5.74, 6) is 0. The van der Waals surface area contributed by atoms with Crippen LogP contribution < -0.4 is 10.6 Å². The standard InChI is InChI=1S/C14H21BrN2O/c1-10(16)12-5-4-11(8-13(12)15)17-6-7-18-14(2,3)9-17/h4-5,8,10H,6-7,9,16H2,1-3H3/t10-/m1/s1. The van der Waals surface area contributed by atoms with E-state index in [4.69, 9.17) is 10.5 Å². The second kappa shape index (κ2) is 5.19. The second-order valence-electron chi connectivity index (χ2n) is 5.52. The van der Waals surface area contributed by atoms with Gasteiger partial charge in [-0.15, -0.1) is 0 Å². The molecule has 0 radical (unpaired) electrons. The Morgan fingerprint density at radius 3 is 2.72 bits per heavy atom. The van der Waals surface area contributed by atoms with E-state index in [9.17, 15) is 0 Å². The van der Waals surface area contributed by atoms with Crippen molar-refractivity contribution in [3.63, 3.8) is 0 Å². The summed E-state index contributed by atoms with van der Waals surface area (Å²) in [6.45, 7) is 8.89. The monoisotopic (exact) mass is 312 g/mol. The number of nitrogens with zero attached hydrogens (tertiary/aromatic N) is 1. The molecule has 1 fully saturated rings. The van der Waals surface area contributed by atoms with Crippen molar-refractivity contribution in [3.05, 3.63) is 28.2 Å². The molecule has 0 aromatic heterocycles. The van der Waals surface area contributed by atoms with Gasteiger partial charge in [-0.1, -0.05) is 22.0 Å². The molecule has 1 aromatic rings. The van der Waals surface area contributed by atoms with Gasteiger partial charge in [0.15, 0.2) is 0 Å². The van der Waals surface area contributed by atoms with E-state index in [1.807, 2.05) is 6.92 Å². The van der Waals surface area contributed by atoms with Gasteiger partial charge in [-0.2, -0.15) is 0 Å². The Hall–Kier alpha value is -0.580. The number of hydrogen-bond acceptors (Lipinski definition) is 3. The minimum atomic E-state index is -0.0788. The highest BCUT2D eigenvalue weighted by Gasteiger charge is 2.27. The van der Waals surface area contributed by atoms with Gasteiger partial charge >= 0.3 is 0 Å². The molecule has 0 aliphatic carbocycles. The fraction of sp³-hybridized carbons (Fsp3) is 0.571. The number of hydrogen-bond donors (Lipinski definition) is 1. The van der Waals surface area contributed by atoms with Gasteiger partial charge in [-0.3, -0.25) is 0 Å². The number of anilines is 1. The van der Waals surface area contributed by atoms with Crippen molar-refractivity contribution >= 4 is 21.6 Å².